The maximum absolute atomic E-state index is 9.56. The molecule has 3 rings (SSSR count). The lowest BCUT2D eigenvalue weighted by Crippen LogP contribution is -2.13. The van der Waals surface area contributed by atoms with Gasteiger partial charge < -0.3 is 10.8 Å². The summed E-state index contributed by atoms with van der Waals surface area (Å²) in [5.41, 5.74) is 6.76. The molecule has 0 aromatic carbocycles. The Morgan fingerprint density at radius 3 is 2.94 bits per heavy atom. The molecular formula is C10H12BN5O. The molecule has 2 heterocycles. The van der Waals surface area contributed by atoms with Gasteiger partial charge >= 0.3 is 0 Å². The lowest BCUT2D eigenvalue weighted by Gasteiger charge is -2.10. The zero-order valence-corrected chi connectivity index (χ0v) is 9.24. The average Bonchev–Trinajstić information content (AvgIpc) is 2.84. The SMILES string of the molecule is [B]c1nn(C2CCC(O)C2)c2ncnc(N)c12. The molecule has 1 saturated carbocycles. The second kappa shape index (κ2) is 3.70. The highest BCUT2D eigenvalue weighted by molar-refractivity contribution is 6.38. The predicted molar refractivity (Wildman–Crippen MR) is 64.0 cm³/mol. The lowest BCUT2D eigenvalue weighted by atomic mass is 10.0. The molecule has 1 fully saturated rings. The van der Waals surface area contributed by atoms with Crippen LogP contribution in [0.3, 0.4) is 0 Å². The van der Waals surface area contributed by atoms with Crippen LogP contribution in [0.5, 0.6) is 0 Å². The fraction of sp³-hybridized carbons (Fsp3) is 0.500. The summed E-state index contributed by atoms with van der Waals surface area (Å²) in [6, 6.07) is 0.138. The van der Waals surface area contributed by atoms with Gasteiger partial charge in [0.05, 0.1) is 17.5 Å². The zero-order chi connectivity index (χ0) is 12.0. The molecule has 1 aliphatic rings. The molecule has 2 aromatic rings. The van der Waals surface area contributed by atoms with E-state index in [4.69, 9.17) is 13.6 Å². The number of nitrogens with two attached hydrogens (primary N) is 1. The van der Waals surface area contributed by atoms with Crippen LogP contribution in [0.15, 0.2) is 6.33 Å². The molecule has 2 aromatic heterocycles. The van der Waals surface area contributed by atoms with Gasteiger partial charge in [0.2, 0.25) is 0 Å². The van der Waals surface area contributed by atoms with Gasteiger partial charge in [0.1, 0.15) is 20.0 Å². The smallest absolute Gasteiger partial charge is 0.162 e. The van der Waals surface area contributed by atoms with Gasteiger partial charge in [0.15, 0.2) is 5.65 Å². The molecule has 17 heavy (non-hydrogen) atoms. The molecule has 86 valence electrons. The van der Waals surface area contributed by atoms with E-state index in [9.17, 15) is 5.11 Å². The van der Waals surface area contributed by atoms with E-state index in [0.29, 0.717) is 28.9 Å². The van der Waals surface area contributed by atoms with Crippen molar-refractivity contribution in [1.82, 2.24) is 19.7 Å². The van der Waals surface area contributed by atoms with Gasteiger partial charge in [-0.1, -0.05) is 0 Å². The first-order valence-electron chi connectivity index (χ1n) is 5.59. The summed E-state index contributed by atoms with van der Waals surface area (Å²) in [6.07, 6.45) is 3.48. The Balaban J connectivity index is 2.14. The first-order valence-corrected chi connectivity index (χ1v) is 5.59. The van der Waals surface area contributed by atoms with E-state index < -0.39 is 0 Å². The first-order chi connectivity index (χ1) is 8.16. The fourth-order valence-electron chi connectivity index (χ4n) is 2.43. The molecule has 2 unspecified atom stereocenters. The summed E-state index contributed by atoms with van der Waals surface area (Å²) in [4.78, 5) is 8.09. The van der Waals surface area contributed by atoms with E-state index in [-0.39, 0.29) is 12.1 Å². The van der Waals surface area contributed by atoms with Crippen LogP contribution in [0.4, 0.5) is 5.82 Å². The van der Waals surface area contributed by atoms with Crippen LogP contribution in [-0.2, 0) is 0 Å². The van der Waals surface area contributed by atoms with Gasteiger partial charge in [0.25, 0.3) is 0 Å². The largest absolute Gasteiger partial charge is 0.393 e. The number of aliphatic hydroxyl groups excluding tert-OH is 1. The average molecular weight is 229 g/mol. The normalized spacial score (nSPS) is 24.5. The molecule has 0 saturated heterocycles. The predicted octanol–water partition coefficient (Wildman–Crippen LogP) is -0.712. The molecule has 0 spiro atoms. The summed E-state index contributed by atoms with van der Waals surface area (Å²) in [7, 11) is 5.83. The van der Waals surface area contributed by atoms with Crippen molar-refractivity contribution in [2.75, 3.05) is 5.73 Å². The third kappa shape index (κ3) is 1.58. The molecule has 0 bridgehead atoms. The number of fused-ring (bicyclic) bond motifs is 1. The number of hydrogen-bond acceptors (Lipinski definition) is 5. The van der Waals surface area contributed by atoms with E-state index in [1.54, 1.807) is 4.68 Å². The van der Waals surface area contributed by atoms with E-state index >= 15 is 0 Å². The Kier molecular flexibility index (Phi) is 2.29. The van der Waals surface area contributed by atoms with Crippen molar-refractivity contribution in [2.45, 2.75) is 31.4 Å². The number of rotatable bonds is 1. The second-order valence-electron chi connectivity index (χ2n) is 4.41. The molecule has 0 aliphatic heterocycles. The minimum atomic E-state index is -0.264. The van der Waals surface area contributed by atoms with E-state index in [1.165, 1.54) is 6.33 Å². The van der Waals surface area contributed by atoms with Gasteiger partial charge in [-0.25, -0.2) is 14.6 Å². The minimum Gasteiger partial charge on any atom is -0.393 e. The summed E-state index contributed by atoms with van der Waals surface area (Å²) in [5.74, 6) is 0.345. The van der Waals surface area contributed by atoms with Crippen molar-refractivity contribution in [2.24, 2.45) is 0 Å². The summed E-state index contributed by atoms with van der Waals surface area (Å²) in [6.45, 7) is 0. The van der Waals surface area contributed by atoms with Crippen LogP contribution in [-0.4, -0.2) is 38.8 Å². The molecule has 7 heteroatoms. The van der Waals surface area contributed by atoms with Crippen LogP contribution < -0.4 is 11.3 Å². The number of nitrogens with zero attached hydrogens (tertiary/aromatic N) is 4. The maximum atomic E-state index is 9.56. The van der Waals surface area contributed by atoms with Crippen LogP contribution in [0.1, 0.15) is 25.3 Å². The zero-order valence-electron chi connectivity index (χ0n) is 9.24. The van der Waals surface area contributed by atoms with Crippen LogP contribution in [0, 0.1) is 0 Å². The topological polar surface area (TPSA) is 89.8 Å². The Hall–Kier alpha value is -1.63. The van der Waals surface area contributed by atoms with Crippen molar-refractivity contribution >= 4 is 30.3 Å². The van der Waals surface area contributed by atoms with Gasteiger partial charge in [-0.3, -0.25) is 0 Å². The van der Waals surface area contributed by atoms with Gasteiger partial charge in [0, 0.05) is 5.59 Å². The molecule has 3 N–H and O–H groups in total. The Bertz CT molecular complexity index is 569. The number of hydrogen-bond donors (Lipinski definition) is 2. The van der Waals surface area contributed by atoms with Crippen molar-refractivity contribution in [3.05, 3.63) is 6.33 Å². The highest BCUT2D eigenvalue weighted by atomic mass is 16.3. The molecule has 6 nitrogen and oxygen atoms in total. The van der Waals surface area contributed by atoms with E-state index in [0.717, 1.165) is 12.8 Å². The van der Waals surface area contributed by atoms with Crippen molar-refractivity contribution in [1.29, 1.82) is 0 Å². The highest BCUT2D eigenvalue weighted by Gasteiger charge is 2.27. The Labute approximate surface area is 99.3 Å². The fourth-order valence-corrected chi connectivity index (χ4v) is 2.43. The highest BCUT2D eigenvalue weighted by Crippen LogP contribution is 2.31. The lowest BCUT2D eigenvalue weighted by molar-refractivity contribution is 0.177. The molecule has 2 atom stereocenters. The summed E-state index contributed by atoms with van der Waals surface area (Å²) < 4.78 is 1.76. The number of aromatic nitrogens is 4. The monoisotopic (exact) mass is 229 g/mol. The van der Waals surface area contributed by atoms with Crippen molar-refractivity contribution < 1.29 is 5.11 Å². The van der Waals surface area contributed by atoms with Crippen LogP contribution in [0.2, 0.25) is 0 Å². The van der Waals surface area contributed by atoms with Crippen LogP contribution >= 0.6 is 0 Å². The second-order valence-corrected chi connectivity index (χ2v) is 4.41. The first kappa shape index (κ1) is 10.5. The molecule has 1 aliphatic carbocycles. The van der Waals surface area contributed by atoms with Crippen molar-refractivity contribution in [3.63, 3.8) is 0 Å². The van der Waals surface area contributed by atoms with Crippen LogP contribution in [0.25, 0.3) is 11.0 Å². The maximum Gasteiger partial charge on any atom is 0.162 e. The standard InChI is InChI=1S/C10H12BN5O/c11-8-7-9(12)13-4-14-10(7)16(15-8)5-1-2-6(17)3-5/h4-6,17H,1-3H2,(H2,12,13,14). The Morgan fingerprint density at radius 1 is 1.41 bits per heavy atom. The van der Waals surface area contributed by atoms with Crippen molar-refractivity contribution in [3.8, 4) is 0 Å². The van der Waals surface area contributed by atoms with Gasteiger partial charge in [-0.05, 0) is 19.3 Å². The van der Waals surface area contributed by atoms with Gasteiger partial charge in [-0.2, -0.15) is 5.10 Å². The van der Waals surface area contributed by atoms with Gasteiger partial charge in [-0.15, -0.1) is 0 Å². The Morgan fingerprint density at radius 2 is 2.24 bits per heavy atom. The van der Waals surface area contributed by atoms with E-state index in [2.05, 4.69) is 15.1 Å². The summed E-state index contributed by atoms with van der Waals surface area (Å²) >= 11 is 0. The molecule has 2 radical (unpaired) electrons. The molecular weight excluding hydrogens is 217 g/mol. The van der Waals surface area contributed by atoms with E-state index in [1.807, 2.05) is 0 Å². The summed E-state index contributed by atoms with van der Waals surface area (Å²) in [5, 5.41) is 14.4. The third-order valence-corrected chi connectivity index (χ3v) is 3.27. The number of nitrogen functional groups attached to an aromatic ring is 1. The quantitative estimate of drug-likeness (QED) is 0.630. The number of aliphatic hydroxyl groups is 1. The molecule has 0 amide bonds. The third-order valence-electron chi connectivity index (χ3n) is 3.27. The minimum absolute atomic E-state index is 0.138. The number of anilines is 1.